The highest BCUT2D eigenvalue weighted by Crippen LogP contribution is 2.43. The fraction of sp³-hybridized carbons (Fsp3) is 0.700. The molecular formula is C20H33ClN2O2. The summed E-state index contributed by atoms with van der Waals surface area (Å²) in [6.45, 7) is 7.11. The van der Waals surface area contributed by atoms with Crippen molar-refractivity contribution < 1.29 is 9.47 Å². The van der Waals surface area contributed by atoms with Gasteiger partial charge in [-0.1, -0.05) is 18.6 Å². The molecule has 2 atom stereocenters. The van der Waals surface area contributed by atoms with E-state index < -0.39 is 0 Å². The van der Waals surface area contributed by atoms with Crippen LogP contribution in [-0.2, 0) is 11.3 Å². The van der Waals surface area contributed by atoms with Crippen LogP contribution in [-0.4, -0.2) is 44.3 Å². The summed E-state index contributed by atoms with van der Waals surface area (Å²) in [6, 6.07) is 8.58. The van der Waals surface area contributed by atoms with Gasteiger partial charge in [0.15, 0.2) is 0 Å². The van der Waals surface area contributed by atoms with E-state index in [0.29, 0.717) is 24.0 Å². The third kappa shape index (κ3) is 5.33. The van der Waals surface area contributed by atoms with Crippen molar-refractivity contribution >= 4 is 12.4 Å². The van der Waals surface area contributed by atoms with E-state index in [-0.39, 0.29) is 12.4 Å². The van der Waals surface area contributed by atoms with Gasteiger partial charge in [0, 0.05) is 31.7 Å². The quantitative estimate of drug-likeness (QED) is 0.763. The topological polar surface area (TPSA) is 47.7 Å². The van der Waals surface area contributed by atoms with Crippen LogP contribution in [0.25, 0.3) is 0 Å². The van der Waals surface area contributed by atoms with Crippen LogP contribution < -0.4 is 10.5 Å². The molecule has 3 rings (SSSR count). The maximum absolute atomic E-state index is 6.18. The predicted octanol–water partition coefficient (Wildman–Crippen LogP) is 3.47. The van der Waals surface area contributed by atoms with Crippen LogP contribution in [0.15, 0.2) is 24.3 Å². The molecule has 4 nitrogen and oxygen atoms in total. The summed E-state index contributed by atoms with van der Waals surface area (Å²) < 4.78 is 11.4. The van der Waals surface area contributed by atoms with Gasteiger partial charge < -0.3 is 20.1 Å². The fourth-order valence-electron chi connectivity index (χ4n) is 4.06. The second kappa shape index (κ2) is 9.22. The monoisotopic (exact) mass is 368 g/mol. The van der Waals surface area contributed by atoms with Crippen molar-refractivity contribution in [1.82, 2.24) is 4.90 Å². The summed E-state index contributed by atoms with van der Waals surface area (Å²) in [4.78, 5) is 2.61. The molecule has 5 heteroatoms. The SMILES string of the molecule is COCc1cccc(OCC2(CN3CCC(C(C)N)C3)CCC2)c1.Cl. The molecule has 1 aromatic rings. The van der Waals surface area contributed by atoms with E-state index in [4.69, 9.17) is 15.2 Å². The van der Waals surface area contributed by atoms with E-state index in [1.807, 2.05) is 12.1 Å². The lowest BCUT2D eigenvalue weighted by atomic mass is 9.69. The average Bonchev–Trinajstić information content (AvgIpc) is 2.99. The van der Waals surface area contributed by atoms with E-state index in [1.54, 1.807) is 7.11 Å². The Hall–Kier alpha value is -0.810. The van der Waals surface area contributed by atoms with Crippen molar-refractivity contribution in [3.63, 3.8) is 0 Å². The van der Waals surface area contributed by atoms with Gasteiger partial charge in [-0.15, -0.1) is 12.4 Å². The maximum Gasteiger partial charge on any atom is 0.119 e. The second-order valence-corrected chi connectivity index (χ2v) is 7.87. The lowest BCUT2D eigenvalue weighted by Crippen LogP contribution is -2.46. The molecule has 0 amide bonds. The molecule has 1 saturated heterocycles. The number of nitrogens with zero attached hydrogens (tertiary/aromatic N) is 1. The van der Waals surface area contributed by atoms with Crippen LogP contribution in [0.4, 0.5) is 0 Å². The lowest BCUT2D eigenvalue weighted by molar-refractivity contribution is 0.0231. The Kier molecular flexibility index (Phi) is 7.56. The molecule has 1 aliphatic heterocycles. The highest BCUT2D eigenvalue weighted by Gasteiger charge is 2.41. The molecule has 1 saturated carbocycles. The van der Waals surface area contributed by atoms with E-state index in [9.17, 15) is 0 Å². The van der Waals surface area contributed by atoms with Crippen molar-refractivity contribution in [3.8, 4) is 5.75 Å². The Morgan fingerprint density at radius 1 is 1.36 bits per heavy atom. The molecular weight excluding hydrogens is 336 g/mol. The Bertz CT molecular complexity index is 534. The standard InChI is InChI=1S/C20H32N2O2.ClH/c1-16(21)18-7-10-22(12-18)14-20(8-4-9-20)15-24-19-6-3-5-17(11-19)13-23-2;/h3,5-6,11,16,18H,4,7-10,12-15,21H2,1-2H3;1H. The van der Waals surface area contributed by atoms with Gasteiger partial charge >= 0.3 is 0 Å². The van der Waals surface area contributed by atoms with Crippen LogP contribution in [0, 0.1) is 11.3 Å². The summed E-state index contributed by atoms with van der Waals surface area (Å²) in [5, 5.41) is 0. The second-order valence-electron chi connectivity index (χ2n) is 7.87. The van der Waals surface area contributed by atoms with Crippen molar-refractivity contribution in [1.29, 1.82) is 0 Å². The number of methoxy groups -OCH3 is 1. The van der Waals surface area contributed by atoms with E-state index in [2.05, 4.69) is 24.0 Å². The first-order valence-electron chi connectivity index (χ1n) is 9.29. The van der Waals surface area contributed by atoms with Gasteiger partial charge in [-0.05, 0) is 56.3 Å². The molecule has 1 heterocycles. The zero-order valence-electron chi connectivity index (χ0n) is 15.6. The molecule has 1 aromatic carbocycles. The molecule has 2 unspecified atom stereocenters. The van der Waals surface area contributed by atoms with Crippen molar-refractivity contribution in [2.45, 2.75) is 45.3 Å². The largest absolute Gasteiger partial charge is 0.493 e. The number of rotatable bonds is 8. The van der Waals surface area contributed by atoms with Crippen molar-refractivity contribution in [3.05, 3.63) is 29.8 Å². The molecule has 142 valence electrons. The zero-order valence-corrected chi connectivity index (χ0v) is 16.4. The van der Waals surface area contributed by atoms with Gasteiger partial charge in [-0.2, -0.15) is 0 Å². The average molecular weight is 369 g/mol. The minimum Gasteiger partial charge on any atom is -0.493 e. The number of hydrogen-bond donors (Lipinski definition) is 1. The first-order valence-corrected chi connectivity index (χ1v) is 9.29. The van der Waals surface area contributed by atoms with E-state index in [0.717, 1.165) is 31.0 Å². The van der Waals surface area contributed by atoms with Gasteiger partial charge in [0.1, 0.15) is 5.75 Å². The van der Waals surface area contributed by atoms with Gasteiger partial charge in [0.2, 0.25) is 0 Å². The van der Waals surface area contributed by atoms with Crippen LogP contribution in [0.2, 0.25) is 0 Å². The molecule has 25 heavy (non-hydrogen) atoms. The first kappa shape index (κ1) is 20.5. The predicted molar refractivity (Wildman–Crippen MR) is 104 cm³/mol. The number of nitrogens with two attached hydrogens (primary N) is 1. The highest BCUT2D eigenvalue weighted by atomic mass is 35.5. The molecule has 0 spiro atoms. The Morgan fingerprint density at radius 3 is 2.76 bits per heavy atom. The minimum atomic E-state index is 0. The Labute approximate surface area is 158 Å². The molecule has 0 radical (unpaired) electrons. The number of ether oxygens (including phenoxy) is 2. The molecule has 2 fully saturated rings. The number of likely N-dealkylation sites (tertiary alicyclic amines) is 1. The summed E-state index contributed by atoms with van der Waals surface area (Å²) in [5.41, 5.74) is 7.58. The minimum absolute atomic E-state index is 0. The maximum atomic E-state index is 6.18. The van der Waals surface area contributed by atoms with Crippen LogP contribution in [0.5, 0.6) is 5.75 Å². The normalized spacial score (nSPS) is 23.6. The van der Waals surface area contributed by atoms with Crippen molar-refractivity contribution in [2.24, 2.45) is 17.1 Å². The number of halogens is 1. The van der Waals surface area contributed by atoms with Gasteiger partial charge in [0.25, 0.3) is 0 Å². The zero-order chi connectivity index (χ0) is 17.0. The van der Waals surface area contributed by atoms with Crippen LogP contribution >= 0.6 is 12.4 Å². The first-order chi connectivity index (χ1) is 11.6. The van der Waals surface area contributed by atoms with Crippen LogP contribution in [0.1, 0.15) is 38.2 Å². The third-order valence-electron chi connectivity index (χ3n) is 5.78. The van der Waals surface area contributed by atoms with Crippen molar-refractivity contribution in [2.75, 3.05) is 33.4 Å². The number of hydrogen-bond acceptors (Lipinski definition) is 4. The summed E-state index contributed by atoms with van der Waals surface area (Å²) in [7, 11) is 1.72. The number of benzene rings is 1. The molecule has 2 N–H and O–H groups in total. The van der Waals surface area contributed by atoms with Gasteiger partial charge in [-0.25, -0.2) is 0 Å². The smallest absolute Gasteiger partial charge is 0.119 e. The Morgan fingerprint density at radius 2 is 2.16 bits per heavy atom. The van der Waals surface area contributed by atoms with E-state index in [1.165, 1.54) is 32.2 Å². The summed E-state index contributed by atoms with van der Waals surface area (Å²) in [6.07, 6.45) is 5.14. The molecule has 1 aliphatic carbocycles. The third-order valence-corrected chi connectivity index (χ3v) is 5.78. The fourth-order valence-corrected chi connectivity index (χ4v) is 4.06. The molecule has 0 bridgehead atoms. The molecule has 2 aliphatic rings. The van der Waals surface area contributed by atoms with Gasteiger partial charge in [-0.3, -0.25) is 0 Å². The molecule has 0 aromatic heterocycles. The summed E-state index contributed by atoms with van der Waals surface area (Å²) >= 11 is 0. The van der Waals surface area contributed by atoms with Crippen LogP contribution in [0.3, 0.4) is 0 Å². The Balaban J connectivity index is 0.00000225. The van der Waals surface area contributed by atoms with E-state index >= 15 is 0 Å². The lowest BCUT2D eigenvalue weighted by Gasteiger charge is -2.44. The summed E-state index contributed by atoms with van der Waals surface area (Å²) in [5.74, 6) is 1.62. The highest BCUT2D eigenvalue weighted by molar-refractivity contribution is 5.85. The van der Waals surface area contributed by atoms with Gasteiger partial charge in [0.05, 0.1) is 13.2 Å².